The van der Waals surface area contributed by atoms with Crippen LogP contribution in [0.4, 0.5) is 0 Å². The van der Waals surface area contributed by atoms with Gasteiger partial charge in [-0.3, -0.25) is 0 Å². The highest BCUT2D eigenvalue weighted by molar-refractivity contribution is 4.88. The fourth-order valence-electron chi connectivity index (χ4n) is 3.79. The van der Waals surface area contributed by atoms with Crippen molar-refractivity contribution in [3.05, 3.63) is 12.2 Å². The monoisotopic (exact) mass is 414 g/mol. The van der Waals surface area contributed by atoms with E-state index >= 15 is 0 Å². The van der Waals surface area contributed by atoms with Crippen molar-refractivity contribution in [2.24, 2.45) is 0 Å². The summed E-state index contributed by atoms with van der Waals surface area (Å²) in [5.74, 6) is 0. The predicted octanol–water partition coefficient (Wildman–Crippen LogP) is 4.52. The summed E-state index contributed by atoms with van der Waals surface area (Å²) in [6.07, 6.45) is 19.5. The Kier molecular flexibility index (Phi) is 16.8. The quantitative estimate of drug-likeness (QED) is 0.214. The van der Waals surface area contributed by atoms with Crippen molar-refractivity contribution in [3.63, 3.8) is 0 Å². The summed E-state index contributed by atoms with van der Waals surface area (Å²) < 4.78 is 11.0. The minimum atomic E-state index is -1.05. The van der Waals surface area contributed by atoms with Crippen molar-refractivity contribution in [2.45, 2.75) is 121 Å². The molecule has 4 atom stereocenters. The van der Waals surface area contributed by atoms with E-state index in [2.05, 4.69) is 19.1 Å². The molecule has 172 valence electrons. The molecule has 1 fully saturated rings. The Balaban J connectivity index is 1.82. The minimum absolute atomic E-state index is 0.275. The molecule has 0 saturated carbocycles. The van der Waals surface area contributed by atoms with Crippen LogP contribution in [0.2, 0.25) is 0 Å². The first kappa shape index (κ1) is 26.6. The van der Waals surface area contributed by atoms with Gasteiger partial charge >= 0.3 is 0 Å². The largest absolute Gasteiger partial charge is 0.394 e. The Labute approximate surface area is 178 Å². The average Bonchev–Trinajstić information content (AvgIpc) is 3.10. The minimum Gasteiger partial charge on any atom is -0.394 e. The Morgan fingerprint density at radius 3 is 2.03 bits per heavy atom. The fourth-order valence-corrected chi connectivity index (χ4v) is 3.79. The average molecular weight is 415 g/mol. The van der Waals surface area contributed by atoms with Crippen LogP contribution in [-0.4, -0.2) is 59.6 Å². The van der Waals surface area contributed by atoms with Crippen molar-refractivity contribution in [1.82, 2.24) is 0 Å². The van der Waals surface area contributed by atoms with Gasteiger partial charge in [0.1, 0.15) is 24.4 Å². The number of unbranched alkanes of at least 4 members (excludes halogenated alkanes) is 12. The lowest BCUT2D eigenvalue weighted by molar-refractivity contribution is -0.0730. The highest BCUT2D eigenvalue weighted by Crippen LogP contribution is 2.20. The maximum atomic E-state index is 10.1. The molecule has 5 nitrogen and oxygen atoms in total. The third-order valence-electron chi connectivity index (χ3n) is 5.72. The molecule has 1 heterocycles. The van der Waals surface area contributed by atoms with Crippen molar-refractivity contribution in [2.75, 3.05) is 19.8 Å². The summed E-state index contributed by atoms with van der Waals surface area (Å²) >= 11 is 0. The van der Waals surface area contributed by atoms with Crippen LogP contribution in [0.25, 0.3) is 0 Å². The van der Waals surface area contributed by atoms with E-state index in [1.807, 2.05) is 0 Å². The van der Waals surface area contributed by atoms with Crippen LogP contribution < -0.4 is 0 Å². The predicted molar refractivity (Wildman–Crippen MR) is 118 cm³/mol. The molecule has 1 aliphatic rings. The maximum absolute atomic E-state index is 10.1. The molecule has 0 unspecified atom stereocenters. The number of aliphatic hydroxyl groups excluding tert-OH is 3. The van der Waals surface area contributed by atoms with Gasteiger partial charge in [0.2, 0.25) is 0 Å². The summed E-state index contributed by atoms with van der Waals surface area (Å²) in [4.78, 5) is 0. The van der Waals surface area contributed by atoms with E-state index in [1.165, 1.54) is 77.0 Å². The molecule has 0 aliphatic carbocycles. The molecule has 1 saturated heterocycles. The molecule has 0 spiro atoms. The van der Waals surface area contributed by atoms with Crippen LogP contribution in [0.1, 0.15) is 96.8 Å². The SMILES string of the molecule is CCCCCC/C=C/CCCCCCCCCCO[C@@H]1CO[C@@H]([C@@H](O)CO)[C@H]1O. The molecule has 0 aromatic carbocycles. The first-order valence-corrected chi connectivity index (χ1v) is 12.1. The van der Waals surface area contributed by atoms with Gasteiger partial charge in [0.05, 0.1) is 13.2 Å². The normalized spacial score (nSPS) is 23.2. The van der Waals surface area contributed by atoms with Crippen LogP contribution in [0, 0.1) is 0 Å². The molecule has 0 aromatic rings. The highest BCUT2D eigenvalue weighted by atomic mass is 16.6. The number of allylic oxidation sites excluding steroid dienone is 2. The molecule has 1 rings (SSSR count). The second kappa shape index (κ2) is 18.3. The lowest BCUT2D eigenvalue weighted by atomic mass is 10.1. The first-order chi connectivity index (χ1) is 14.2. The maximum Gasteiger partial charge on any atom is 0.114 e. The molecular weight excluding hydrogens is 368 g/mol. The zero-order chi connectivity index (χ0) is 21.2. The fraction of sp³-hybridized carbons (Fsp3) is 0.917. The Bertz CT molecular complexity index is 387. The van der Waals surface area contributed by atoms with E-state index in [-0.39, 0.29) is 6.61 Å². The zero-order valence-corrected chi connectivity index (χ0v) is 18.6. The summed E-state index contributed by atoms with van der Waals surface area (Å²) in [5.41, 5.74) is 0. The van der Waals surface area contributed by atoms with E-state index in [1.54, 1.807) is 0 Å². The summed E-state index contributed by atoms with van der Waals surface area (Å²) in [6.45, 7) is 2.73. The molecule has 3 N–H and O–H groups in total. The summed E-state index contributed by atoms with van der Waals surface area (Å²) in [6, 6.07) is 0. The van der Waals surface area contributed by atoms with Crippen LogP contribution >= 0.6 is 0 Å². The van der Waals surface area contributed by atoms with Gasteiger partial charge in [-0.2, -0.15) is 0 Å². The highest BCUT2D eigenvalue weighted by Gasteiger charge is 2.40. The van der Waals surface area contributed by atoms with Crippen molar-refractivity contribution < 1.29 is 24.8 Å². The Morgan fingerprint density at radius 2 is 1.45 bits per heavy atom. The van der Waals surface area contributed by atoms with Gasteiger partial charge in [0.25, 0.3) is 0 Å². The van der Waals surface area contributed by atoms with Crippen molar-refractivity contribution in [1.29, 1.82) is 0 Å². The van der Waals surface area contributed by atoms with E-state index in [0.29, 0.717) is 6.61 Å². The third-order valence-corrected chi connectivity index (χ3v) is 5.72. The van der Waals surface area contributed by atoms with E-state index < -0.39 is 31.0 Å². The topological polar surface area (TPSA) is 79.2 Å². The molecule has 0 aromatic heterocycles. The van der Waals surface area contributed by atoms with Gasteiger partial charge in [0.15, 0.2) is 0 Å². The van der Waals surface area contributed by atoms with Gasteiger partial charge in [-0.05, 0) is 32.1 Å². The molecule has 0 amide bonds. The van der Waals surface area contributed by atoms with Crippen molar-refractivity contribution >= 4 is 0 Å². The van der Waals surface area contributed by atoms with Gasteiger partial charge in [-0.25, -0.2) is 0 Å². The second-order valence-electron chi connectivity index (χ2n) is 8.39. The molecule has 5 heteroatoms. The molecule has 29 heavy (non-hydrogen) atoms. The number of ether oxygens (including phenoxy) is 2. The summed E-state index contributed by atoms with van der Waals surface area (Å²) in [5, 5.41) is 28.6. The smallest absolute Gasteiger partial charge is 0.114 e. The molecule has 0 bridgehead atoms. The zero-order valence-electron chi connectivity index (χ0n) is 18.6. The van der Waals surface area contributed by atoms with E-state index in [4.69, 9.17) is 14.6 Å². The van der Waals surface area contributed by atoms with Crippen LogP contribution in [0.15, 0.2) is 12.2 Å². The number of hydrogen-bond acceptors (Lipinski definition) is 5. The number of hydrogen-bond donors (Lipinski definition) is 3. The lowest BCUT2D eigenvalue weighted by Crippen LogP contribution is -2.41. The van der Waals surface area contributed by atoms with Gasteiger partial charge in [-0.1, -0.05) is 76.9 Å². The molecular formula is C24H46O5. The Hall–Kier alpha value is -0.460. The third kappa shape index (κ3) is 12.7. The van der Waals surface area contributed by atoms with Gasteiger partial charge in [-0.15, -0.1) is 0 Å². The Morgan fingerprint density at radius 1 is 0.897 bits per heavy atom. The summed E-state index contributed by atoms with van der Waals surface area (Å²) in [7, 11) is 0. The first-order valence-electron chi connectivity index (χ1n) is 12.1. The van der Waals surface area contributed by atoms with Gasteiger partial charge in [0, 0.05) is 6.61 Å². The van der Waals surface area contributed by atoms with E-state index in [0.717, 1.165) is 12.8 Å². The van der Waals surface area contributed by atoms with Crippen molar-refractivity contribution in [3.8, 4) is 0 Å². The van der Waals surface area contributed by atoms with Crippen LogP contribution in [-0.2, 0) is 9.47 Å². The standard InChI is InChI=1S/C24H46O5/c1-2-3-4-5-6-7-8-9-10-11-12-13-14-15-16-17-18-28-22-20-29-24(23(22)27)21(26)19-25/h7-8,21-27H,2-6,9-20H2,1H3/b8-7+/t21-,22+,23-,24-/m0/s1. The molecule has 0 radical (unpaired) electrons. The van der Waals surface area contributed by atoms with E-state index in [9.17, 15) is 10.2 Å². The number of rotatable bonds is 19. The lowest BCUT2D eigenvalue weighted by Gasteiger charge is -2.20. The number of aliphatic hydroxyl groups is 3. The molecule has 1 aliphatic heterocycles. The van der Waals surface area contributed by atoms with Crippen LogP contribution in [0.5, 0.6) is 0 Å². The second-order valence-corrected chi connectivity index (χ2v) is 8.39. The van der Waals surface area contributed by atoms with Gasteiger partial charge < -0.3 is 24.8 Å². The van der Waals surface area contributed by atoms with Crippen LogP contribution in [0.3, 0.4) is 0 Å².